The van der Waals surface area contributed by atoms with Crippen LogP contribution >= 0.6 is 11.6 Å². The van der Waals surface area contributed by atoms with Gasteiger partial charge in [0, 0.05) is 6.04 Å². The molecule has 0 bridgehead atoms. The minimum Gasteiger partial charge on any atom is -0.478 e. The predicted octanol–water partition coefficient (Wildman–Crippen LogP) is -0.0923. The van der Waals surface area contributed by atoms with Crippen LogP contribution in [0.5, 0.6) is 0 Å². The molecular formula is C15H19ClN2O8S3. The molecular weight excluding hydrogens is 468 g/mol. The standard InChI is InChI=1S/C15H19ClN2O8S3/c16-13-2-1-10(15(19)20)7-14(13)29(25,26)18(12-4-6-28(23,24)9-12)17-11-3-5-27(21,22)8-11/h1-2,7,11-12,17H,3-6,8-9H2,(H,19,20)/t11-,12-/m1/s1. The van der Waals surface area contributed by atoms with Crippen molar-refractivity contribution >= 4 is 47.3 Å². The monoisotopic (exact) mass is 486 g/mol. The fourth-order valence-electron chi connectivity index (χ4n) is 3.35. The van der Waals surface area contributed by atoms with Gasteiger partial charge in [-0.3, -0.25) is 0 Å². The number of carboxylic acids is 1. The van der Waals surface area contributed by atoms with E-state index in [4.69, 9.17) is 16.7 Å². The highest BCUT2D eigenvalue weighted by atomic mass is 35.5. The van der Waals surface area contributed by atoms with Crippen LogP contribution in [0.3, 0.4) is 0 Å². The number of sulfonamides is 1. The van der Waals surface area contributed by atoms with E-state index in [1.807, 2.05) is 0 Å². The first kappa shape index (κ1) is 22.4. The smallest absolute Gasteiger partial charge is 0.335 e. The van der Waals surface area contributed by atoms with Crippen LogP contribution in [0, 0.1) is 0 Å². The van der Waals surface area contributed by atoms with Gasteiger partial charge in [0.2, 0.25) is 0 Å². The van der Waals surface area contributed by atoms with Gasteiger partial charge in [-0.2, -0.15) is 0 Å². The van der Waals surface area contributed by atoms with E-state index in [-0.39, 0.29) is 40.7 Å². The van der Waals surface area contributed by atoms with Gasteiger partial charge in [-0.1, -0.05) is 11.6 Å². The highest BCUT2D eigenvalue weighted by Crippen LogP contribution is 2.30. The molecule has 1 aromatic rings. The van der Waals surface area contributed by atoms with Crippen molar-refractivity contribution < 1.29 is 35.2 Å². The van der Waals surface area contributed by atoms with Crippen LogP contribution in [0.15, 0.2) is 23.1 Å². The Morgan fingerprint density at radius 3 is 2.24 bits per heavy atom. The summed E-state index contributed by atoms with van der Waals surface area (Å²) in [5, 5.41) is 8.92. The van der Waals surface area contributed by atoms with Crippen LogP contribution in [0.4, 0.5) is 0 Å². The Bertz CT molecular complexity index is 1150. The summed E-state index contributed by atoms with van der Waals surface area (Å²) < 4.78 is 74.7. The molecule has 3 rings (SSSR count). The number of carboxylic acid groups (broad SMARTS) is 1. The number of halogens is 1. The SMILES string of the molecule is O=C(O)c1ccc(Cl)c(S(=O)(=O)N(N[C@@H]2CCS(=O)(=O)C2)[C@@H]2CCS(=O)(=O)C2)c1. The van der Waals surface area contributed by atoms with E-state index in [2.05, 4.69) is 5.43 Å². The minimum absolute atomic E-state index is 0.0181. The summed E-state index contributed by atoms with van der Waals surface area (Å²) in [7, 11) is -11.3. The number of nitrogens with one attached hydrogen (secondary N) is 1. The number of hydrazine groups is 1. The lowest BCUT2D eigenvalue weighted by molar-refractivity contribution is 0.0696. The highest BCUT2D eigenvalue weighted by molar-refractivity contribution is 7.92. The second-order valence-corrected chi connectivity index (χ2v) is 13.7. The molecule has 0 aliphatic carbocycles. The first-order valence-electron chi connectivity index (χ1n) is 8.55. The van der Waals surface area contributed by atoms with Crippen molar-refractivity contribution in [3.8, 4) is 0 Å². The first-order valence-corrected chi connectivity index (χ1v) is 14.0. The molecule has 162 valence electrons. The minimum atomic E-state index is -4.48. The second-order valence-electron chi connectivity index (χ2n) is 7.04. The predicted molar refractivity (Wildman–Crippen MR) is 105 cm³/mol. The van der Waals surface area contributed by atoms with Crippen molar-refractivity contribution in [3.63, 3.8) is 0 Å². The third-order valence-electron chi connectivity index (χ3n) is 4.80. The molecule has 0 aromatic heterocycles. The molecule has 2 aliphatic heterocycles. The molecule has 29 heavy (non-hydrogen) atoms. The Labute approximate surface area is 173 Å². The maximum absolute atomic E-state index is 13.3. The Hall–Kier alpha value is -1.25. The molecule has 0 amide bonds. The number of rotatable bonds is 6. The molecule has 14 heteroatoms. The molecule has 1 aromatic carbocycles. The fraction of sp³-hybridized carbons (Fsp3) is 0.533. The van der Waals surface area contributed by atoms with Crippen LogP contribution in [-0.4, -0.2) is 75.8 Å². The highest BCUT2D eigenvalue weighted by Gasteiger charge is 2.42. The molecule has 0 unspecified atom stereocenters. The summed E-state index contributed by atoms with van der Waals surface area (Å²) in [4.78, 5) is 10.7. The van der Waals surface area contributed by atoms with Crippen LogP contribution < -0.4 is 5.43 Å². The average Bonchev–Trinajstić information content (AvgIpc) is 3.13. The number of hydrogen-bond acceptors (Lipinski definition) is 8. The number of nitrogens with zero attached hydrogens (tertiary/aromatic N) is 1. The lowest BCUT2D eigenvalue weighted by atomic mass is 10.2. The molecule has 0 saturated carbocycles. The molecule has 2 saturated heterocycles. The largest absolute Gasteiger partial charge is 0.478 e. The van der Waals surface area contributed by atoms with Crippen molar-refractivity contribution in [2.75, 3.05) is 23.0 Å². The van der Waals surface area contributed by atoms with Crippen LogP contribution in [0.1, 0.15) is 23.2 Å². The Balaban J connectivity index is 2.03. The maximum atomic E-state index is 13.3. The number of hydrogen-bond donors (Lipinski definition) is 2. The van der Waals surface area contributed by atoms with Gasteiger partial charge in [0.1, 0.15) is 4.90 Å². The molecule has 0 radical (unpaired) electrons. The van der Waals surface area contributed by atoms with Gasteiger partial charge in [-0.25, -0.2) is 35.5 Å². The molecule has 2 aliphatic rings. The molecule has 2 N–H and O–H groups in total. The Morgan fingerprint density at radius 1 is 1.10 bits per heavy atom. The summed E-state index contributed by atoms with van der Waals surface area (Å²) in [5.74, 6) is -2.41. The summed E-state index contributed by atoms with van der Waals surface area (Å²) in [6.07, 6.45) is 0.182. The maximum Gasteiger partial charge on any atom is 0.335 e. The van der Waals surface area contributed by atoms with E-state index < -0.39 is 58.4 Å². The van der Waals surface area contributed by atoms with E-state index in [1.165, 1.54) is 0 Å². The molecule has 0 spiro atoms. The zero-order chi connectivity index (χ0) is 21.6. The van der Waals surface area contributed by atoms with Gasteiger partial charge >= 0.3 is 5.97 Å². The topological polar surface area (TPSA) is 155 Å². The third-order valence-corrected chi connectivity index (χ3v) is 10.6. The zero-order valence-electron chi connectivity index (χ0n) is 15.0. The van der Waals surface area contributed by atoms with Crippen molar-refractivity contribution in [3.05, 3.63) is 28.8 Å². The summed E-state index contributed by atoms with van der Waals surface area (Å²) in [5.41, 5.74) is 2.35. The van der Waals surface area contributed by atoms with Crippen LogP contribution in [0.25, 0.3) is 0 Å². The van der Waals surface area contributed by atoms with Crippen LogP contribution in [-0.2, 0) is 29.7 Å². The van der Waals surface area contributed by atoms with Gasteiger partial charge in [-0.15, -0.1) is 4.41 Å². The molecule has 10 nitrogen and oxygen atoms in total. The number of benzene rings is 1. The second kappa shape index (κ2) is 7.78. The zero-order valence-corrected chi connectivity index (χ0v) is 18.2. The molecule has 2 fully saturated rings. The quantitative estimate of drug-likeness (QED) is 0.524. The lowest BCUT2D eigenvalue weighted by Gasteiger charge is -2.30. The van der Waals surface area contributed by atoms with Crippen molar-refractivity contribution in [2.24, 2.45) is 0 Å². The Morgan fingerprint density at radius 2 is 1.72 bits per heavy atom. The van der Waals surface area contributed by atoms with E-state index in [1.54, 1.807) is 0 Å². The van der Waals surface area contributed by atoms with Gasteiger partial charge in [0.05, 0.1) is 39.6 Å². The number of aromatic carboxylic acids is 1. The number of sulfone groups is 2. The summed E-state index contributed by atoms with van der Waals surface area (Å²) in [6, 6.07) is 1.47. The fourth-order valence-corrected chi connectivity index (χ4v) is 8.88. The van der Waals surface area contributed by atoms with Gasteiger partial charge in [0.25, 0.3) is 10.0 Å². The van der Waals surface area contributed by atoms with E-state index in [0.717, 1.165) is 22.6 Å². The third kappa shape index (κ3) is 4.91. The number of carbonyl (C=O) groups is 1. The molecule has 2 atom stereocenters. The van der Waals surface area contributed by atoms with Crippen molar-refractivity contribution in [1.29, 1.82) is 0 Å². The van der Waals surface area contributed by atoms with Gasteiger partial charge < -0.3 is 5.11 Å². The van der Waals surface area contributed by atoms with E-state index in [0.29, 0.717) is 0 Å². The normalized spacial score (nSPS) is 26.0. The lowest BCUT2D eigenvalue weighted by Crippen LogP contribution is -2.54. The van der Waals surface area contributed by atoms with Crippen molar-refractivity contribution in [2.45, 2.75) is 29.8 Å². The van der Waals surface area contributed by atoms with Gasteiger partial charge in [0.15, 0.2) is 19.7 Å². The first-order chi connectivity index (χ1) is 13.3. The van der Waals surface area contributed by atoms with E-state index in [9.17, 15) is 30.0 Å². The average molecular weight is 487 g/mol. The summed E-state index contributed by atoms with van der Waals surface area (Å²) in [6.45, 7) is 0. The Kier molecular flexibility index (Phi) is 6.02. The molecule has 2 heterocycles. The van der Waals surface area contributed by atoms with E-state index >= 15 is 0 Å². The van der Waals surface area contributed by atoms with Crippen molar-refractivity contribution in [1.82, 2.24) is 9.84 Å². The summed E-state index contributed by atoms with van der Waals surface area (Å²) >= 11 is 6.01. The van der Waals surface area contributed by atoms with Gasteiger partial charge in [-0.05, 0) is 31.0 Å². The van der Waals surface area contributed by atoms with Crippen LogP contribution in [0.2, 0.25) is 5.02 Å².